The van der Waals surface area contributed by atoms with Crippen molar-refractivity contribution in [3.8, 4) is 16.9 Å². The van der Waals surface area contributed by atoms with Crippen molar-refractivity contribution < 1.29 is 23.4 Å². The zero-order valence-corrected chi connectivity index (χ0v) is 20.3. The van der Waals surface area contributed by atoms with Crippen LogP contribution in [0.25, 0.3) is 21.9 Å². The normalized spacial score (nSPS) is 12.9. The van der Waals surface area contributed by atoms with E-state index in [1.54, 1.807) is 38.1 Å². The summed E-state index contributed by atoms with van der Waals surface area (Å²) >= 11 is -2.47. The van der Waals surface area contributed by atoms with Crippen molar-refractivity contribution in [2.45, 2.75) is 26.5 Å². The fraction of sp³-hybridized carbons (Fsp3) is 0.179. The summed E-state index contributed by atoms with van der Waals surface area (Å²) in [5.41, 5.74) is 3.31. The van der Waals surface area contributed by atoms with Gasteiger partial charge >= 0.3 is 5.97 Å². The first-order valence-electron chi connectivity index (χ1n) is 11.3. The van der Waals surface area contributed by atoms with Crippen LogP contribution in [0.3, 0.4) is 0 Å². The fourth-order valence-corrected chi connectivity index (χ4v) is 4.87. The molecule has 6 nitrogen and oxygen atoms in total. The zero-order valence-electron chi connectivity index (χ0n) is 19.5. The van der Waals surface area contributed by atoms with E-state index < -0.39 is 23.3 Å². The van der Waals surface area contributed by atoms with Gasteiger partial charge in [-0.3, -0.25) is 8.86 Å². The number of ether oxygens (including phenoxy) is 1. The van der Waals surface area contributed by atoms with Crippen molar-refractivity contribution in [3.05, 3.63) is 96.6 Å². The Balaban J connectivity index is 1.45. The molecule has 0 aliphatic rings. The third-order valence-electron chi connectivity index (χ3n) is 5.83. The average Bonchev–Trinajstić information content (AvgIpc) is 2.85. The van der Waals surface area contributed by atoms with E-state index in [0.29, 0.717) is 12.3 Å². The van der Waals surface area contributed by atoms with Crippen molar-refractivity contribution in [3.63, 3.8) is 0 Å². The molecule has 0 aliphatic carbocycles. The molecule has 0 radical (unpaired) electrons. The highest BCUT2D eigenvalue weighted by Gasteiger charge is 2.32. The van der Waals surface area contributed by atoms with Crippen LogP contribution in [0.15, 0.2) is 91.0 Å². The summed E-state index contributed by atoms with van der Waals surface area (Å²) < 4.78 is 28.7. The quantitative estimate of drug-likeness (QED) is 0.276. The fourth-order valence-electron chi connectivity index (χ4n) is 4.04. The molecule has 0 aromatic heterocycles. The largest absolute Gasteiger partial charge is 0.489 e. The Hall–Kier alpha value is -3.68. The van der Waals surface area contributed by atoms with Crippen LogP contribution in [0.4, 0.5) is 5.69 Å². The molecular formula is C28H27NO5S. The van der Waals surface area contributed by atoms with Gasteiger partial charge in [0.05, 0.1) is 5.69 Å². The number of nitrogens with zero attached hydrogens (tertiary/aromatic N) is 1. The highest BCUT2D eigenvalue weighted by Crippen LogP contribution is 2.28. The molecule has 0 heterocycles. The summed E-state index contributed by atoms with van der Waals surface area (Å²) in [6, 6.07) is 28.0. The van der Waals surface area contributed by atoms with Crippen molar-refractivity contribution in [1.82, 2.24) is 0 Å². The monoisotopic (exact) mass is 489 g/mol. The Bertz CT molecular complexity index is 1340. The smallest absolute Gasteiger partial charge is 0.327 e. The minimum Gasteiger partial charge on any atom is -0.489 e. The van der Waals surface area contributed by atoms with Crippen molar-refractivity contribution >= 4 is 33.7 Å². The van der Waals surface area contributed by atoms with Gasteiger partial charge in [-0.05, 0) is 63.7 Å². The second-order valence-corrected chi connectivity index (χ2v) is 9.48. The molecule has 7 heteroatoms. The van der Waals surface area contributed by atoms with Crippen LogP contribution in [0, 0.1) is 5.92 Å². The molecule has 4 aromatic rings. The Morgan fingerprint density at radius 3 is 2.06 bits per heavy atom. The lowest BCUT2D eigenvalue weighted by Crippen LogP contribution is -2.45. The highest BCUT2D eigenvalue weighted by atomic mass is 32.2. The molecule has 0 aliphatic heterocycles. The Labute approximate surface area is 207 Å². The second-order valence-electron chi connectivity index (χ2n) is 8.63. The van der Waals surface area contributed by atoms with Gasteiger partial charge in [0.15, 0.2) is 0 Å². The molecule has 180 valence electrons. The van der Waals surface area contributed by atoms with E-state index in [2.05, 4.69) is 30.3 Å². The van der Waals surface area contributed by atoms with Gasteiger partial charge in [-0.25, -0.2) is 9.00 Å². The summed E-state index contributed by atoms with van der Waals surface area (Å²) in [6.07, 6.45) is 0. The van der Waals surface area contributed by atoms with Gasteiger partial charge < -0.3 is 9.84 Å². The van der Waals surface area contributed by atoms with Crippen molar-refractivity contribution in [2.24, 2.45) is 5.92 Å². The zero-order chi connectivity index (χ0) is 24.9. The van der Waals surface area contributed by atoms with Gasteiger partial charge in [0, 0.05) is 0 Å². The Morgan fingerprint density at radius 1 is 0.886 bits per heavy atom. The summed E-state index contributed by atoms with van der Waals surface area (Å²) in [4.78, 5) is 11.7. The molecule has 2 unspecified atom stereocenters. The molecule has 0 spiro atoms. The predicted octanol–water partition coefficient (Wildman–Crippen LogP) is 6.14. The Morgan fingerprint density at radius 2 is 1.49 bits per heavy atom. The van der Waals surface area contributed by atoms with Crippen LogP contribution < -0.4 is 9.04 Å². The van der Waals surface area contributed by atoms with E-state index in [4.69, 9.17) is 4.74 Å². The lowest BCUT2D eigenvalue weighted by molar-refractivity contribution is -0.139. The first-order valence-corrected chi connectivity index (χ1v) is 12.3. The van der Waals surface area contributed by atoms with Crippen LogP contribution in [0.1, 0.15) is 19.4 Å². The minimum absolute atomic E-state index is 0.356. The average molecular weight is 490 g/mol. The van der Waals surface area contributed by atoms with Crippen LogP contribution >= 0.6 is 0 Å². The van der Waals surface area contributed by atoms with Gasteiger partial charge in [0.1, 0.15) is 18.4 Å². The van der Waals surface area contributed by atoms with Crippen LogP contribution in [-0.4, -0.2) is 25.9 Å². The lowest BCUT2D eigenvalue weighted by atomic mass is 10.0. The number of benzene rings is 4. The molecule has 35 heavy (non-hydrogen) atoms. The molecule has 4 rings (SSSR count). The van der Waals surface area contributed by atoms with Gasteiger partial charge in [-0.1, -0.05) is 74.5 Å². The topological polar surface area (TPSA) is 87.1 Å². The van der Waals surface area contributed by atoms with Crippen molar-refractivity contribution in [2.75, 3.05) is 4.31 Å². The SMILES string of the molecule is CC(C)C(C(=O)O)N(c1ccc(-c2ccc(OCc3ccc4ccccc4c3)cc2)cc1)S(=O)O. The van der Waals surface area contributed by atoms with Gasteiger partial charge in [-0.15, -0.1) is 0 Å². The third kappa shape index (κ3) is 5.70. The first kappa shape index (κ1) is 24.4. The van der Waals surface area contributed by atoms with E-state index in [1.165, 1.54) is 10.8 Å². The molecule has 2 N–H and O–H groups in total. The predicted molar refractivity (Wildman–Crippen MR) is 140 cm³/mol. The Kier molecular flexibility index (Phi) is 7.48. The molecule has 0 saturated heterocycles. The van der Waals surface area contributed by atoms with E-state index >= 15 is 0 Å². The molecule has 0 saturated carbocycles. The minimum atomic E-state index is -2.47. The maximum Gasteiger partial charge on any atom is 0.327 e. The number of fused-ring (bicyclic) bond motifs is 1. The van der Waals surface area contributed by atoms with E-state index in [9.17, 15) is 18.7 Å². The van der Waals surface area contributed by atoms with Crippen LogP contribution in [0.2, 0.25) is 0 Å². The molecule has 2 atom stereocenters. The maximum absolute atomic E-state index is 11.9. The van der Waals surface area contributed by atoms with E-state index in [1.807, 2.05) is 36.4 Å². The van der Waals surface area contributed by atoms with Crippen LogP contribution in [-0.2, 0) is 22.7 Å². The summed E-state index contributed by atoms with van der Waals surface area (Å²) in [5, 5.41) is 11.9. The summed E-state index contributed by atoms with van der Waals surface area (Å²) in [7, 11) is 0. The van der Waals surface area contributed by atoms with Gasteiger partial charge in [0.25, 0.3) is 11.3 Å². The van der Waals surface area contributed by atoms with Gasteiger partial charge in [0.2, 0.25) is 0 Å². The number of carboxylic acid groups (broad SMARTS) is 1. The number of hydrogen-bond acceptors (Lipinski definition) is 3. The number of carbonyl (C=O) groups is 1. The molecule has 0 amide bonds. The first-order chi connectivity index (χ1) is 16.8. The van der Waals surface area contributed by atoms with Crippen LogP contribution in [0.5, 0.6) is 5.75 Å². The molecule has 0 bridgehead atoms. The summed E-state index contributed by atoms with van der Waals surface area (Å²) in [6.45, 7) is 3.88. The van der Waals surface area contributed by atoms with Crippen molar-refractivity contribution in [1.29, 1.82) is 0 Å². The van der Waals surface area contributed by atoms with E-state index in [-0.39, 0.29) is 5.92 Å². The molecule has 0 fully saturated rings. The molecular weight excluding hydrogens is 462 g/mol. The lowest BCUT2D eigenvalue weighted by Gasteiger charge is -2.29. The van der Waals surface area contributed by atoms with E-state index in [0.717, 1.165) is 26.7 Å². The maximum atomic E-state index is 11.9. The standard InChI is InChI=1S/C28H27NO5S/c1-19(2)27(28(30)31)29(35(32)33)25-13-9-22(10-14-25)23-11-15-26(16-12-23)34-18-20-7-8-21-5-3-4-6-24(21)17-20/h3-17,19,27H,18H2,1-2H3,(H,30,31)(H,32,33). The number of anilines is 1. The second kappa shape index (κ2) is 10.7. The summed E-state index contributed by atoms with van der Waals surface area (Å²) in [5.74, 6) is -0.752. The van der Waals surface area contributed by atoms with Gasteiger partial charge in [-0.2, -0.15) is 0 Å². The number of carboxylic acids is 1. The number of hydrogen-bond donors (Lipinski definition) is 2. The molecule has 4 aromatic carbocycles. The number of rotatable bonds is 9. The highest BCUT2D eigenvalue weighted by molar-refractivity contribution is 7.80. The third-order valence-corrected chi connectivity index (χ3v) is 6.61. The number of aliphatic carboxylic acids is 1.